The monoisotopic (exact) mass is 375 g/mol. The van der Waals surface area contributed by atoms with E-state index in [-0.39, 0.29) is 16.0 Å². The van der Waals surface area contributed by atoms with Crippen molar-refractivity contribution in [3.8, 4) is 17.2 Å². The van der Waals surface area contributed by atoms with Crippen LogP contribution >= 0.6 is 27.5 Å². The lowest BCUT2D eigenvalue weighted by Gasteiger charge is -2.11. The highest BCUT2D eigenvalue weighted by atomic mass is 79.9. The van der Waals surface area contributed by atoms with Crippen molar-refractivity contribution in [1.82, 2.24) is 0 Å². The van der Waals surface area contributed by atoms with Crippen LogP contribution in [0.3, 0.4) is 0 Å². The quantitative estimate of drug-likeness (QED) is 0.559. The van der Waals surface area contributed by atoms with Gasteiger partial charge in [0, 0.05) is 17.2 Å². The maximum Gasteiger partial charge on any atom is 0.314 e. The zero-order valence-corrected chi connectivity index (χ0v) is 12.9. The Morgan fingerprint density at radius 1 is 1.24 bits per heavy atom. The van der Waals surface area contributed by atoms with Gasteiger partial charge in [-0.2, -0.15) is 0 Å². The van der Waals surface area contributed by atoms with E-state index in [9.17, 15) is 14.5 Å². The molecule has 0 amide bonds. The topological polar surface area (TPSA) is 61.6 Å². The van der Waals surface area contributed by atoms with Gasteiger partial charge in [0.25, 0.3) is 0 Å². The summed E-state index contributed by atoms with van der Waals surface area (Å²) in [4.78, 5) is 10.2. The molecule has 2 aromatic rings. The molecule has 0 spiro atoms. The number of hydrogen-bond acceptors (Lipinski definition) is 4. The molecule has 0 saturated carbocycles. The van der Waals surface area contributed by atoms with E-state index in [1.54, 1.807) is 6.07 Å². The third-order valence-corrected chi connectivity index (χ3v) is 3.39. The van der Waals surface area contributed by atoms with Crippen molar-refractivity contribution in [2.24, 2.45) is 0 Å². The van der Waals surface area contributed by atoms with E-state index >= 15 is 0 Å². The lowest BCUT2D eigenvalue weighted by Crippen LogP contribution is -1.96. The molecule has 0 aliphatic heterocycles. The van der Waals surface area contributed by atoms with E-state index in [0.717, 1.165) is 6.07 Å². The number of benzene rings is 2. The van der Waals surface area contributed by atoms with Crippen molar-refractivity contribution in [2.45, 2.75) is 0 Å². The average Bonchev–Trinajstić information content (AvgIpc) is 2.44. The van der Waals surface area contributed by atoms with Crippen LogP contribution < -0.4 is 9.47 Å². The molecule has 2 aromatic carbocycles. The Morgan fingerprint density at radius 3 is 2.57 bits per heavy atom. The summed E-state index contributed by atoms with van der Waals surface area (Å²) in [6, 6.07) is 6.51. The highest BCUT2D eigenvalue weighted by molar-refractivity contribution is 9.10. The molecular formula is C13H8BrClFNO4. The summed E-state index contributed by atoms with van der Waals surface area (Å²) < 4.78 is 24.0. The van der Waals surface area contributed by atoms with Gasteiger partial charge in [-0.25, -0.2) is 4.39 Å². The third-order valence-electron chi connectivity index (χ3n) is 2.54. The summed E-state index contributed by atoms with van der Waals surface area (Å²) in [6.45, 7) is 0. The van der Waals surface area contributed by atoms with Crippen LogP contribution in [0.4, 0.5) is 10.1 Å². The number of methoxy groups -OCH3 is 1. The van der Waals surface area contributed by atoms with E-state index < -0.39 is 16.4 Å². The van der Waals surface area contributed by atoms with Gasteiger partial charge >= 0.3 is 5.69 Å². The minimum atomic E-state index is -0.753. The number of ether oxygens (including phenoxy) is 2. The Labute approximate surface area is 132 Å². The summed E-state index contributed by atoms with van der Waals surface area (Å²) >= 11 is 8.79. The van der Waals surface area contributed by atoms with E-state index in [4.69, 9.17) is 21.1 Å². The van der Waals surface area contributed by atoms with Gasteiger partial charge in [-0.3, -0.25) is 10.1 Å². The molecule has 5 nitrogen and oxygen atoms in total. The van der Waals surface area contributed by atoms with Crippen LogP contribution in [0.2, 0.25) is 5.02 Å². The van der Waals surface area contributed by atoms with E-state index in [1.165, 1.54) is 25.3 Å². The van der Waals surface area contributed by atoms with Gasteiger partial charge in [0.05, 0.1) is 22.6 Å². The van der Waals surface area contributed by atoms with Crippen LogP contribution in [0.5, 0.6) is 17.2 Å². The zero-order valence-electron chi connectivity index (χ0n) is 10.6. The van der Waals surface area contributed by atoms with Gasteiger partial charge in [-0.1, -0.05) is 11.6 Å². The average molecular weight is 377 g/mol. The molecule has 110 valence electrons. The van der Waals surface area contributed by atoms with Crippen LogP contribution in [-0.2, 0) is 0 Å². The van der Waals surface area contributed by atoms with Crippen molar-refractivity contribution in [3.05, 3.63) is 55.8 Å². The molecule has 0 aliphatic rings. The van der Waals surface area contributed by atoms with Gasteiger partial charge < -0.3 is 9.47 Å². The first kappa shape index (κ1) is 15.5. The molecule has 0 aliphatic carbocycles. The van der Waals surface area contributed by atoms with E-state index in [2.05, 4.69) is 15.9 Å². The first-order valence-corrected chi connectivity index (χ1v) is 6.74. The molecular weight excluding hydrogens is 369 g/mol. The standard InChI is InChI=1S/C13H8BrClFNO4/c1-20-13-4-7(15)2-3-11(13)21-12-5-8(14)9(16)6-10(12)17(18)19/h2-6H,1H3. The molecule has 0 heterocycles. The Bertz CT molecular complexity index is 711. The van der Waals surface area contributed by atoms with Crippen molar-refractivity contribution < 1.29 is 18.8 Å². The molecule has 21 heavy (non-hydrogen) atoms. The summed E-state index contributed by atoms with van der Waals surface area (Å²) in [5, 5.41) is 11.4. The number of nitro groups is 1. The molecule has 0 unspecified atom stereocenters. The van der Waals surface area contributed by atoms with Gasteiger partial charge in [-0.15, -0.1) is 0 Å². The molecule has 0 saturated heterocycles. The zero-order chi connectivity index (χ0) is 15.6. The Hall–Kier alpha value is -1.86. The van der Waals surface area contributed by atoms with Crippen molar-refractivity contribution >= 4 is 33.2 Å². The fourth-order valence-electron chi connectivity index (χ4n) is 1.59. The Morgan fingerprint density at radius 2 is 1.95 bits per heavy atom. The van der Waals surface area contributed by atoms with Crippen LogP contribution in [0.1, 0.15) is 0 Å². The number of nitro benzene ring substituents is 1. The fraction of sp³-hybridized carbons (Fsp3) is 0.0769. The number of halogens is 3. The predicted octanol–water partition coefficient (Wildman–Crippen LogP) is 4.95. The molecule has 2 rings (SSSR count). The second-order valence-corrected chi connectivity index (χ2v) is 5.18. The highest BCUT2D eigenvalue weighted by Gasteiger charge is 2.21. The predicted molar refractivity (Wildman–Crippen MR) is 78.8 cm³/mol. The minimum absolute atomic E-state index is 0.0519. The number of rotatable bonds is 4. The van der Waals surface area contributed by atoms with Gasteiger partial charge in [0.15, 0.2) is 11.5 Å². The first-order chi connectivity index (χ1) is 9.92. The smallest absolute Gasteiger partial charge is 0.314 e. The van der Waals surface area contributed by atoms with Gasteiger partial charge in [0.2, 0.25) is 5.75 Å². The van der Waals surface area contributed by atoms with E-state index in [1.807, 2.05) is 0 Å². The van der Waals surface area contributed by atoms with Crippen LogP contribution in [0, 0.1) is 15.9 Å². The Kier molecular flexibility index (Phi) is 4.64. The Balaban J connectivity index is 2.48. The summed E-state index contributed by atoms with van der Waals surface area (Å²) in [7, 11) is 1.41. The molecule has 0 aromatic heterocycles. The molecule has 8 heteroatoms. The molecule has 0 bridgehead atoms. The maximum atomic E-state index is 13.4. The SMILES string of the molecule is COc1cc(Cl)ccc1Oc1cc(Br)c(F)cc1[N+](=O)[O-]. The second-order valence-electron chi connectivity index (χ2n) is 3.89. The highest BCUT2D eigenvalue weighted by Crippen LogP contribution is 2.39. The summed E-state index contributed by atoms with van der Waals surface area (Å²) in [5.74, 6) is -0.341. The largest absolute Gasteiger partial charge is 0.493 e. The molecule has 0 atom stereocenters. The number of nitrogens with zero attached hydrogens (tertiary/aromatic N) is 1. The summed E-state index contributed by atoms with van der Waals surface area (Å²) in [6.07, 6.45) is 0. The molecule has 0 radical (unpaired) electrons. The van der Waals surface area contributed by atoms with Crippen molar-refractivity contribution in [1.29, 1.82) is 0 Å². The molecule has 0 N–H and O–H groups in total. The second kappa shape index (κ2) is 6.28. The first-order valence-electron chi connectivity index (χ1n) is 5.57. The lowest BCUT2D eigenvalue weighted by atomic mass is 10.2. The molecule has 0 fully saturated rings. The number of hydrogen-bond donors (Lipinski definition) is 0. The normalized spacial score (nSPS) is 10.3. The van der Waals surface area contributed by atoms with Crippen LogP contribution in [0.25, 0.3) is 0 Å². The van der Waals surface area contributed by atoms with E-state index in [0.29, 0.717) is 10.8 Å². The maximum absolute atomic E-state index is 13.4. The minimum Gasteiger partial charge on any atom is -0.493 e. The lowest BCUT2D eigenvalue weighted by molar-refractivity contribution is -0.385. The van der Waals surface area contributed by atoms with Gasteiger partial charge in [-0.05, 0) is 28.1 Å². The van der Waals surface area contributed by atoms with Crippen molar-refractivity contribution in [2.75, 3.05) is 7.11 Å². The third kappa shape index (κ3) is 3.43. The van der Waals surface area contributed by atoms with Crippen molar-refractivity contribution in [3.63, 3.8) is 0 Å². The van der Waals surface area contributed by atoms with Crippen LogP contribution in [-0.4, -0.2) is 12.0 Å². The fourth-order valence-corrected chi connectivity index (χ4v) is 2.07. The van der Waals surface area contributed by atoms with Crippen LogP contribution in [0.15, 0.2) is 34.8 Å². The van der Waals surface area contributed by atoms with Gasteiger partial charge in [0.1, 0.15) is 5.82 Å². The summed E-state index contributed by atoms with van der Waals surface area (Å²) in [5.41, 5.74) is -0.493.